The third-order valence-electron chi connectivity index (χ3n) is 2.39. The summed E-state index contributed by atoms with van der Waals surface area (Å²) in [5.41, 5.74) is 6.93. The van der Waals surface area contributed by atoms with Gasteiger partial charge in [0.1, 0.15) is 0 Å². The molecule has 1 rings (SSSR count). The molecule has 0 saturated heterocycles. The standard InChI is InChI=1S/C11H18N2OS/c1-3-9(12)6-11(14)13-7-10-8(2)4-5-15-10/h4-5,9H,3,6-7,12H2,1-2H3,(H,13,14). The van der Waals surface area contributed by atoms with E-state index >= 15 is 0 Å². The maximum Gasteiger partial charge on any atom is 0.221 e. The van der Waals surface area contributed by atoms with Crippen LogP contribution in [-0.2, 0) is 11.3 Å². The van der Waals surface area contributed by atoms with Gasteiger partial charge in [0.2, 0.25) is 5.91 Å². The van der Waals surface area contributed by atoms with E-state index in [1.54, 1.807) is 11.3 Å². The Hall–Kier alpha value is -0.870. The minimum absolute atomic E-state index is 0.0190. The molecular formula is C11H18N2OS. The maximum absolute atomic E-state index is 11.4. The van der Waals surface area contributed by atoms with Gasteiger partial charge in [-0.25, -0.2) is 0 Å². The van der Waals surface area contributed by atoms with E-state index < -0.39 is 0 Å². The van der Waals surface area contributed by atoms with Crippen molar-refractivity contribution < 1.29 is 4.79 Å². The number of hydrogen-bond acceptors (Lipinski definition) is 3. The minimum Gasteiger partial charge on any atom is -0.351 e. The van der Waals surface area contributed by atoms with Crippen LogP contribution in [0.25, 0.3) is 0 Å². The summed E-state index contributed by atoms with van der Waals surface area (Å²) in [7, 11) is 0. The zero-order valence-electron chi connectivity index (χ0n) is 9.25. The molecule has 1 heterocycles. The summed E-state index contributed by atoms with van der Waals surface area (Å²) >= 11 is 1.67. The first-order valence-electron chi connectivity index (χ1n) is 5.18. The van der Waals surface area contributed by atoms with E-state index in [2.05, 4.69) is 18.3 Å². The number of carbonyl (C=O) groups excluding carboxylic acids is 1. The molecule has 0 aliphatic carbocycles. The van der Waals surface area contributed by atoms with Gasteiger partial charge in [0.25, 0.3) is 0 Å². The quantitative estimate of drug-likeness (QED) is 0.804. The van der Waals surface area contributed by atoms with E-state index in [4.69, 9.17) is 5.73 Å². The Kier molecular flexibility index (Phi) is 4.78. The molecule has 0 aliphatic heterocycles. The van der Waals surface area contributed by atoms with Crippen molar-refractivity contribution in [3.63, 3.8) is 0 Å². The van der Waals surface area contributed by atoms with E-state index in [0.29, 0.717) is 13.0 Å². The highest BCUT2D eigenvalue weighted by Gasteiger charge is 2.07. The van der Waals surface area contributed by atoms with Gasteiger partial charge in [-0.15, -0.1) is 11.3 Å². The zero-order valence-corrected chi connectivity index (χ0v) is 10.1. The van der Waals surface area contributed by atoms with Crippen LogP contribution in [0.2, 0.25) is 0 Å². The lowest BCUT2D eigenvalue weighted by atomic mass is 10.1. The number of rotatable bonds is 5. The van der Waals surface area contributed by atoms with Gasteiger partial charge in [0.15, 0.2) is 0 Å². The van der Waals surface area contributed by atoms with Crippen molar-refractivity contribution in [3.8, 4) is 0 Å². The molecule has 1 unspecified atom stereocenters. The molecule has 84 valence electrons. The molecule has 3 nitrogen and oxygen atoms in total. The van der Waals surface area contributed by atoms with Crippen molar-refractivity contribution >= 4 is 17.2 Å². The highest BCUT2D eigenvalue weighted by molar-refractivity contribution is 7.10. The maximum atomic E-state index is 11.4. The lowest BCUT2D eigenvalue weighted by Gasteiger charge is -2.08. The third-order valence-corrected chi connectivity index (χ3v) is 3.41. The Morgan fingerprint density at radius 1 is 1.67 bits per heavy atom. The van der Waals surface area contributed by atoms with Crippen LogP contribution < -0.4 is 11.1 Å². The predicted octanol–water partition coefficient (Wildman–Crippen LogP) is 1.80. The topological polar surface area (TPSA) is 55.1 Å². The normalized spacial score (nSPS) is 12.5. The van der Waals surface area contributed by atoms with Crippen LogP contribution in [-0.4, -0.2) is 11.9 Å². The summed E-state index contributed by atoms with van der Waals surface area (Å²) in [6.45, 7) is 4.66. The second-order valence-electron chi connectivity index (χ2n) is 3.68. The van der Waals surface area contributed by atoms with Gasteiger partial charge in [-0.1, -0.05) is 6.92 Å². The fourth-order valence-electron chi connectivity index (χ4n) is 1.22. The van der Waals surface area contributed by atoms with Gasteiger partial charge < -0.3 is 11.1 Å². The van der Waals surface area contributed by atoms with Gasteiger partial charge in [0, 0.05) is 17.3 Å². The van der Waals surface area contributed by atoms with Crippen LogP contribution in [0.5, 0.6) is 0 Å². The smallest absolute Gasteiger partial charge is 0.221 e. The number of hydrogen-bond donors (Lipinski definition) is 2. The van der Waals surface area contributed by atoms with Crippen LogP contribution in [0.4, 0.5) is 0 Å². The van der Waals surface area contributed by atoms with E-state index in [-0.39, 0.29) is 11.9 Å². The summed E-state index contributed by atoms with van der Waals surface area (Å²) in [6, 6.07) is 2.04. The van der Waals surface area contributed by atoms with Crippen LogP contribution in [0.1, 0.15) is 30.2 Å². The molecule has 0 bridgehead atoms. The van der Waals surface area contributed by atoms with Crippen molar-refractivity contribution in [1.29, 1.82) is 0 Å². The Morgan fingerprint density at radius 2 is 2.40 bits per heavy atom. The SMILES string of the molecule is CCC(N)CC(=O)NCc1sccc1C. The number of nitrogens with two attached hydrogens (primary N) is 1. The monoisotopic (exact) mass is 226 g/mol. The largest absolute Gasteiger partial charge is 0.351 e. The van der Waals surface area contributed by atoms with Crippen LogP contribution in [0, 0.1) is 6.92 Å². The fourth-order valence-corrected chi connectivity index (χ4v) is 2.06. The van der Waals surface area contributed by atoms with E-state index in [9.17, 15) is 4.79 Å². The molecule has 1 amide bonds. The second-order valence-corrected chi connectivity index (χ2v) is 4.68. The van der Waals surface area contributed by atoms with Crippen molar-refractivity contribution in [1.82, 2.24) is 5.32 Å². The van der Waals surface area contributed by atoms with Gasteiger partial charge in [-0.2, -0.15) is 0 Å². The molecule has 3 N–H and O–H groups in total. The first kappa shape index (κ1) is 12.2. The van der Waals surface area contributed by atoms with Crippen LogP contribution in [0.3, 0.4) is 0 Å². The van der Waals surface area contributed by atoms with E-state index in [1.807, 2.05) is 12.3 Å². The molecule has 15 heavy (non-hydrogen) atoms. The number of aryl methyl sites for hydroxylation is 1. The Labute approximate surface area is 94.7 Å². The molecule has 0 spiro atoms. The molecule has 0 fully saturated rings. The van der Waals surface area contributed by atoms with Gasteiger partial charge in [0.05, 0.1) is 6.54 Å². The van der Waals surface area contributed by atoms with Gasteiger partial charge in [-0.05, 0) is 30.4 Å². The Balaban J connectivity index is 2.31. The van der Waals surface area contributed by atoms with E-state index in [0.717, 1.165) is 6.42 Å². The molecule has 4 heteroatoms. The van der Waals surface area contributed by atoms with Gasteiger partial charge >= 0.3 is 0 Å². The first-order chi connectivity index (χ1) is 7.13. The molecule has 1 aromatic rings. The highest BCUT2D eigenvalue weighted by Crippen LogP contribution is 2.14. The average Bonchev–Trinajstić information content (AvgIpc) is 2.61. The molecule has 0 saturated carbocycles. The Morgan fingerprint density at radius 3 is 2.93 bits per heavy atom. The van der Waals surface area contributed by atoms with Crippen molar-refractivity contribution in [2.24, 2.45) is 5.73 Å². The number of nitrogens with one attached hydrogen (secondary N) is 1. The number of amides is 1. The molecule has 0 radical (unpaired) electrons. The first-order valence-corrected chi connectivity index (χ1v) is 6.06. The summed E-state index contributed by atoms with van der Waals surface area (Å²) in [6.07, 6.45) is 1.26. The number of carbonyl (C=O) groups is 1. The molecule has 1 atom stereocenters. The Bertz CT molecular complexity index is 322. The second kappa shape index (κ2) is 5.88. The van der Waals surface area contributed by atoms with Crippen molar-refractivity contribution in [3.05, 3.63) is 21.9 Å². The fraction of sp³-hybridized carbons (Fsp3) is 0.545. The lowest BCUT2D eigenvalue weighted by molar-refractivity contribution is -0.121. The molecule has 0 aromatic carbocycles. The van der Waals surface area contributed by atoms with Crippen LogP contribution in [0.15, 0.2) is 11.4 Å². The van der Waals surface area contributed by atoms with Crippen LogP contribution >= 0.6 is 11.3 Å². The zero-order chi connectivity index (χ0) is 11.3. The lowest BCUT2D eigenvalue weighted by Crippen LogP contribution is -2.30. The average molecular weight is 226 g/mol. The predicted molar refractivity (Wildman–Crippen MR) is 63.8 cm³/mol. The third kappa shape index (κ3) is 4.01. The summed E-state index contributed by atoms with van der Waals surface area (Å²) in [5.74, 6) is 0.0390. The summed E-state index contributed by atoms with van der Waals surface area (Å²) in [5, 5.41) is 4.92. The molecule has 1 aromatic heterocycles. The molecular weight excluding hydrogens is 208 g/mol. The summed E-state index contributed by atoms with van der Waals surface area (Å²) in [4.78, 5) is 12.6. The van der Waals surface area contributed by atoms with Gasteiger partial charge in [-0.3, -0.25) is 4.79 Å². The highest BCUT2D eigenvalue weighted by atomic mass is 32.1. The van der Waals surface area contributed by atoms with Crippen molar-refractivity contribution in [2.45, 2.75) is 39.3 Å². The summed E-state index contributed by atoms with van der Waals surface area (Å²) < 4.78 is 0. The minimum atomic E-state index is -0.0190. The van der Waals surface area contributed by atoms with Crippen molar-refractivity contribution in [2.75, 3.05) is 0 Å². The molecule has 0 aliphatic rings. The number of thiophene rings is 1. The van der Waals surface area contributed by atoms with E-state index in [1.165, 1.54) is 10.4 Å².